The van der Waals surface area contributed by atoms with E-state index in [2.05, 4.69) is 41.4 Å². The summed E-state index contributed by atoms with van der Waals surface area (Å²) in [5, 5.41) is 3.93. The molecular formula is C19H24N2O. The van der Waals surface area contributed by atoms with Crippen molar-refractivity contribution in [3.05, 3.63) is 29.8 Å². The lowest BCUT2D eigenvalue weighted by Crippen LogP contribution is -2.67. The Kier molecular flexibility index (Phi) is 2.40. The van der Waals surface area contributed by atoms with Crippen LogP contribution >= 0.6 is 0 Å². The van der Waals surface area contributed by atoms with Crippen LogP contribution in [0.3, 0.4) is 0 Å². The molecule has 3 aliphatic heterocycles. The van der Waals surface area contributed by atoms with E-state index in [0.29, 0.717) is 29.7 Å². The van der Waals surface area contributed by atoms with E-state index in [1.54, 1.807) is 0 Å². The predicted octanol–water partition coefficient (Wildman–Crippen LogP) is 3.52. The molecule has 0 bridgehead atoms. The third-order valence-corrected chi connectivity index (χ3v) is 7.22. The van der Waals surface area contributed by atoms with Crippen LogP contribution in [0.1, 0.15) is 56.9 Å². The topological polar surface area (TPSA) is 32.3 Å². The van der Waals surface area contributed by atoms with Crippen LogP contribution in [0, 0.1) is 5.41 Å². The van der Waals surface area contributed by atoms with Gasteiger partial charge in [-0.2, -0.15) is 0 Å². The quantitative estimate of drug-likeness (QED) is 0.860. The van der Waals surface area contributed by atoms with Crippen molar-refractivity contribution >= 4 is 11.6 Å². The first kappa shape index (κ1) is 13.0. The van der Waals surface area contributed by atoms with Crippen molar-refractivity contribution in [2.24, 2.45) is 5.41 Å². The minimum absolute atomic E-state index is 0.105. The molecule has 1 aliphatic carbocycles. The molecule has 4 aliphatic rings. The SMILES string of the molecule is CC[C@@]12CCCN3C(=O)C[C@@H]4c5ccccc5N[C@]4(CC1)[C@H]32. The second-order valence-electron chi connectivity index (χ2n) is 7.82. The van der Waals surface area contributed by atoms with Crippen molar-refractivity contribution in [2.75, 3.05) is 11.9 Å². The average Bonchev–Trinajstić information content (AvgIpc) is 3.05. The molecule has 1 saturated carbocycles. The second-order valence-corrected chi connectivity index (χ2v) is 7.82. The molecule has 3 fully saturated rings. The Morgan fingerprint density at radius 3 is 3.00 bits per heavy atom. The second kappa shape index (κ2) is 4.06. The zero-order valence-corrected chi connectivity index (χ0v) is 13.3. The number of amides is 1. The first-order valence-corrected chi connectivity index (χ1v) is 8.87. The van der Waals surface area contributed by atoms with Gasteiger partial charge >= 0.3 is 0 Å². The molecule has 4 atom stereocenters. The summed E-state index contributed by atoms with van der Waals surface area (Å²) in [5.74, 6) is 0.771. The van der Waals surface area contributed by atoms with E-state index in [9.17, 15) is 4.79 Å². The summed E-state index contributed by atoms with van der Waals surface area (Å²) in [4.78, 5) is 15.1. The fourth-order valence-corrected chi connectivity index (χ4v) is 6.30. The maximum absolute atomic E-state index is 12.9. The predicted molar refractivity (Wildman–Crippen MR) is 86.8 cm³/mol. The van der Waals surface area contributed by atoms with Gasteiger partial charge in [0, 0.05) is 24.6 Å². The van der Waals surface area contributed by atoms with Gasteiger partial charge in [0.25, 0.3) is 0 Å². The fourth-order valence-electron chi connectivity index (χ4n) is 6.30. The van der Waals surface area contributed by atoms with Gasteiger partial charge in [0.2, 0.25) is 5.91 Å². The number of piperidine rings is 2. The first-order valence-electron chi connectivity index (χ1n) is 8.87. The van der Waals surface area contributed by atoms with Gasteiger partial charge in [-0.3, -0.25) is 4.79 Å². The van der Waals surface area contributed by atoms with E-state index in [0.717, 1.165) is 6.54 Å². The summed E-state index contributed by atoms with van der Waals surface area (Å²) >= 11 is 0. The number of rotatable bonds is 1. The van der Waals surface area contributed by atoms with E-state index < -0.39 is 0 Å². The monoisotopic (exact) mass is 296 g/mol. The Morgan fingerprint density at radius 1 is 1.27 bits per heavy atom. The highest BCUT2D eigenvalue weighted by Crippen LogP contribution is 2.64. The highest BCUT2D eigenvalue weighted by atomic mass is 16.2. The number of carbonyl (C=O) groups is 1. The molecule has 0 radical (unpaired) electrons. The largest absolute Gasteiger partial charge is 0.377 e. The van der Waals surface area contributed by atoms with E-state index in [-0.39, 0.29) is 5.54 Å². The molecule has 3 nitrogen and oxygen atoms in total. The summed E-state index contributed by atoms with van der Waals surface area (Å²) in [6, 6.07) is 9.07. The van der Waals surface area contributed by atoms with Crippen LogP contribution in [0.5, 0.6) is 0 Å². The minimum atomic E-state index is 0.105. The number of para-hydroxylation sites is 1. The molecular weight excluding hydrogens is 272 g/mol. The Balaban J connectivity index is 1.69. The number of hydrogen-bond donors (Lipinski definition) is 1. The number of nitrogens with zero attached hydrogens (tertiary/aromatic N) is 1. The zero-order chi connectivity index (χ0) is 14.9. The molecule has 116 valence electrons. The van der Waals surface area contributed by atoms with Crippen molar-refractivity contribution < 1.29 is 4.79 Å². The van der Waals surface area contributed by atoms with Crippen molar-refractivity contribution in [1.82, 2.24) is 4.90 Å². The zero-order valence-electron chi connectivity index (χ0n) is 13.3. The Morgan fingerprint density at radius 2 is 2.14 bits per heavy atom. The lowest BCUT2D eigenvalue weighted by Gasteiger charge is -2.56. The third-order valence-electron chi connectivity index (χ3n) is 7.22. The van der Waals surface area contributed by atoms with E-state index >= 15 is 0 Å². The standard InChI is InChI=1S/C19H24N2O/c1-2-18-8-5-11-21-16(22)12-14-13-6-3-4-7-15(13)20-19(14,10-9-18)17(18)21/h3-4,6-7,14,17,20H,2,5,8-12H2,1H3/t14-,17-,18-,19+/m1/s1. The number of benzene rings is 1. The highest BCUT2D eigenvalue weighted by Gasteiger charge is 2.67. The molecule has 5 rings (SSSR count). The van der Waals surface area contributed by atoms with Gasteiger partial charge in [-0.1, -0.05) is 25.1 Å². The average molecular weight is 296 g/mol. The van der Waals surface area contributed by atoms with Crippen molar-refractivity contribution in [2.45, 2.75) is 62.9 Å². The molecule has 1 aromatic rings. The van der Waals surface area contributed by atoms with Gasteiger partial charge in [0.1, 0.15) is 0 Å². The van der Waals surface area contributed by atoms with E-state index in [1.807, 2.05) is 0 Å². The molecule has 1 amide bonds. The smallest absolute Gasteiger partial charge is 0.223 e. The molecule has 0 unspecified atom stereocenters. The number of anilines is 1. The summed E-state index contributed by atoms with van der Waals surface area (Å²) in [6.45, 7) is 3.30. The molecule has 0 aromatic heterocycles. The van der Waals surface area contributed by atoms with Gasteiger partial charge < -0.3 is 10.2 Å². The van der Waals surface area contributed by atoms with Crippen LogP contribution < -0.4 is 5.32 Å². The highest BCUT2D eigenvalue weighted by molar-refractivity contribution is 5.83. The molecule has 22 heavy (non-hydrogen) atoms. The third kappa shape index (κ3) is 1.32. The van der Waals surface area contributed by atoms with Crippen LogP contribution in [0.25, 0.3) is 0 Å². The first-order chi connectivity index (χ1) is 10.7. The molecule has 1 aromatic carbocycles. The van der Waals surface area contributed by atoms with Gasteiger partial charge in [-0.25, -0.2) is 0 Å². The number of carbonyl (C=O) groups excluding carboxylic acids is 1. The maximum atomic E-state index is 12.9. The molecule has 2 saturated heterocycles. The number of fused-ring (bicyclic) bond motifs is 2. The number of hydrogen-bond acceptors (Lipinski definition) is 2. The molecule has 3 heteroatoms. The van der Waals surface area contributed by atoms with Crippen LogP contribution in [0.2, 0.25) is 0 Å². The fraction of sp³-hybridized carbons (Fsp3) is 0.632. The van der Waals surface area contributed by atoms with E-state index in [4.69, 9.17) is 0 Å². The normalized spacial score (nSPS) is 41.7. The summed E-state index contributed by atoms with van der Waals surface area (Å²) in [6.07, 6.45) is 6.87. The minimum Gasteiger partial charge on any atom is -0.377 e. The van der Waals surface area contributed by atoms with E-state index in [1.165, 1.54) is 43.4 Å². The Bertz CT molecular complexity index is 657. The lowest BCUT2D eigenvalue weighted by molar-refractivity contribution is -0.146. The number of nitrogens with one attached hydrogen (secondary N) is 1. The molecule has 3 heterocycles. The van der Waals surface area contributed by atoms with Gasteiger partial charge in [0.15, 0.2) is 0 Å². The van der Waals surface area contributed by atoms with Crippen LogP contribution in [-0.4, -0.2) is 28.9 Å². The summed E-state index contributed by atoms with van der Waals surface area (Å²) in [7, 11) is 0. The Labute approximate surface area is 132 Å². The van der Waals surface area contributed by atoms with Crippen LogP contribution in [0.15, 0.2) is 24.3 Å². The summed E-state index contributed by atoms with van der Waals surface area (Å²) in [5.41, 5.74) is 3.11. The van der Waals surface area contributed by atoms with Gasteiger partial charge in [-0.15, -0.1) is 0 Å². The summed E-state index contributed by atoms with van der Waals surface area (Å²) < 4.78 is 0. The maximum Gasteiger partial charge on any atom is 0.223 e. The Hall–Kier alpha value is -1.51. The van der Waals surface area contributed by atoms with Crippen molar-refractivity contribution in [3.8, 4) is 0 Å². The van der Waals surface area contributed by atoms with Crippen LogP contribution in [0.4, 0.5) is 5.69 Å². The van der Waals surface area contributed by atoms with Gasteiger partial charge in [-0.05, 0) is 49.1 Å². The molecule has 1 spiro atoms. The van der Waals surface area contributed by atoms with Crippen molar-refractivity contribution in [1.29, 1.82) is 0 Å². The lowest BCUT2D eigenvalue weighted by atomic mass is 9.64. The van der Waals surface area contributed by atoms with Gasteiger partial charge in [0.05, 0.1) is 11.6 Å². The van der Waals surface area contributed by atoms with Crippen LogP contribution in [-0.2, 0) is 4.79 Å². The molecule has 1 N–H and O–H groups in total. The van der Waals surface area contributed by atoms with Crippen molar-refractivity contribution in [3.63, 3.8) is 0 Å².